The van der Waals surface area contributed by atoms with Gasteiger partial charge in [0.05, 0.1) is 11.9 Å². The van der Waals surface area contributed by atoms with Gasteiger partial charge in [-0.05, 0) is 56.2 Å². The molecule has 0 atom stereocenters. The summed E-state index contributed by atoms with van der Waals surface area (Å²) >= 11 is 0. The van der Waals surface area contributed by atoms with Gasteiger partial charge >= 0.3 is 0 Å². The lowest BCUT2D eigenvalue weighted by molar-refractivity contribution is 0.473. The van der Waals surface area contributed by atoms with Gasteiger partial charge in [-0.1, -0.05) is 54.6 Å². The summed E-state index contributed by atoms with van der Waals surface area (Å²) in [5.41, 5.74) is 3.75. The van der Waals surface area contributed by atoms with Crippen LogP contribution in [0.5, 0.6) is 11.5 Å². The topological polar surface area (TPSA) is 30.8 Å². The summed E-state index contributed by atoms with van der Waals surface area (Å²) in [5.74, 6) is 2.09. The summed E-state index contributed by atoms with van der Waals surface area (Å²) < 4.78 is 12.0. The van der Waals surface area contributed by atoms with Gasteiger partial charge in [-0.25, -0.2) is 4.99 Å². The van der Waals surface area contributed by atoms with Crippen LogP contribution < -0.4 is 9.47 Å². The number of aliphatic imine (C=N–C) groups is 1. The van der Waals surface area contributed by atoms with Gasteiger partial charge in [-0.15, -0.1) is 0 Å². The molecular formula is C24H23NO2. The quantitative estimate of drug-likeness (QED) is 0.301. The van der Waals surface area contributed by atoms with Crippen molar-refractivity contribution in [2.24, 2.45) is 4.99 Å². The van der Waals surface area contributed by atoms with Crippen LogP contribution in [0.25, 0.3) is 0 Å². The number of ether oxygens (including phenoxy) is 2. The minimum Gasteiger partial charge on any atom is -0.465 e. The molecule has 3 rings (SSSR count). The summed E-state index contributed by atoms with van der Waals surface area (Å²) in [4.78, 5) is 4.69. The number of aryl methyl sites for hydroxylation is 2. The molecule has 0 bridgehead atoms. The second-order valence-electron chi connectivity index (χ2n) is 6.31. The minimum absolute atomic E-state index is 0.509. The highest BCUT2D eigenvalue weighted by atomic mass is 16.5. The van der Waals surface area contributed by atoms with E-state index in [2.05, 4.69) is 0 Å². The first-order valence-corrected chi connectivity index (χ1v) is 8.90. The number of benzene rings is 3. The molecule has 0 N–H and O–H groups in total. The molecular weight excluding hydrogens is 334 g/mol. The Morgan fingerprint density at radius 2 is 1.37 bits per heavy atom. The lowest BCUT2D eigenvalue weighted by Gasteiger charge is -2.14. The monoisotopic (exact) mass is 357 g/mol. The normalized spacial score (nSPS) is 12.0. The van der Waals surface area contributed by atoms with Crippen LogP contribution in [0.4, 0.5) is 5.69 Å². The van der Waals surface area contributed by atoms with Crippen molar-refractivity contribution in [1.29, 1.82) is 0 Å². The zero-order chi connectivity index (χ0) is 19.1. The molecule has 0 spiro atoms. The number of hydrogen-bond donors (Lipinski definition) is 0. The summed E-state index contributed by atoms with van der Waals surface area (Å²) in [7, 11) is 0. The molecule has 0 saturated heterocycles. The average Bonchev–Trinajstić information content (AvgIpc) is 2.70. The first-order chi connectivity index (χ1) is 13.1. The third-order valence-corrected chi connectivity index (χ3v) is 4.05. The highest BCUT2D eigenvalue weighted by Crippen LogP contribution is 2.25. The highest BCUT2D eigenvalue weighted by Gasteiger charge is 2.11. The van der Waals surface area contributed by atoms with Crippen molar-refractivity contribution in [1.82, 2.24) is 0 Å². The zero-order valence-electron chi connectivity index (χ0n) is 15.8. The standard InChI is InChI=1S/C24H23NO2/c1-18-11-10-12-19(2)23(18)27-24(25-21-13-6-4-7-14-21)20(3)17-26-22-15-8-5-9-16-22/h4-17H,1-3H3/b20-17+,25-24?. The summed E-state index contributed by atoms with van der Waals surface area (Å²) in [6.45, 7) is 5.99. The van der Waals surface area contributed by atoms with E-state index < -0.39 is 0 Å². The lowest BCUT2D eigenvalue weighted by atomic mass is 10.1. The van der Waals surface area contributed by atoms with E-state index in [0.29, 0.717) is 5.90 Å². The molecule has 0 unspecified atom stereocenters. The molecule has 136 valence electrons. The first kappa shape index (κ1) is 18.5. The largest absolute Gasteiger partial charge is 0.465 e. The second-order valence-corrected chi connectivity index (χ2v) is 6.31. The number of para-hydroxylation sites is 3. The zero-order valence-corrected chi connectivity index (χ0v) is 15.8. The Kier molecular flexibility index (Phi) is 6.06. The van der Waals surface area contributed by atoms with Crippen LogP contribution in [0.15, 0.2) is 95.7 Å². The number of nitrogens with zero attached hydrogens (tertiary/aromatic N) is 1. The number of hydrogen-bond acceptors (Lipinski definition) is 3. The minimum atomic E-state index is 0.509. The van der Waals surface area contributed by atoms with Gasteiger partial charge in [0.2, 0.25) is 5.90 Å². The van der Waals surface area contributed by atoms with Crippen LogP contribution in [0.2, 0.25) is 0 Å². The predicted molar refractivity (Wildman–Crippen MR) is 111 cm³/mol. The molecule has 3 heteroatoms. The van der Waals surface area contributed by atoms with Crippen LogP contribution in [0.3, 0.4) is 0 Å². The molecule has 0 aromatic heterocycles. The van der Waals surface area contributed by atoms with E-state index in [-0.39, 0.29) is 0 Å². The molecule has 3 nitrogen and oxygen atoms in total. The molecule has 0 radical (unpaired) electrons. The van der Waals surface area contributed by atoms with Crippen molar-refractivity contribution in [2.75, 3.05) is 0 Å². The van der Waals surface area contributed by atoms with Gasteiger partial charge in [-0.2, -0.15) is 0 Å². The van der Waals surface area contributed by atoms with Crippen LogP contribution in [-0.2, 0) is 0 Å². The van der Waals surface area contributed by atoms with Crippen molar-refractivity contribution in [2.45, 2.75) is 20.8 Å². The van der Waals surface area contributed by atoms with E-state index in [1.807, 2.05) is 99.6 Å². The summed E-state index contributed by atoms with van der Waals surface area (Å²) in [6.07, 6.45) is 1.67. The van der Waals surface area contributed by atoms with Gasteiger partial charge in [-0.3, -0.25) is 0 Å². The average molecular weight is 357 g/mol. The lowest BCUT2D eigenvalue weighted by Crippen LogP contribution is -2.12. The molecule has 0 aliphatic heterocycles. The molecule has 0 fully saturated rings. The van der Waals surface area contributed by atoms with Gasteiger partial charge in [0.1, 0.15) is 11.5 Å². The fourth-order valence-electron chi connectivity index (χ4n) is 2.57. The fourth-order valence-corrected chi connectivity index (χ4v) is 2.57. The van der Waals surface area contributed by atoms with Crippen LogP contribution in [-0.4, -0.2) is 5.90 Å². The van der Waals surface area contributed by atoms with Gasteiger partial charge in [0, 0.05) is 5.57 Å². The second kappa shape index (κ2) is 8.86. The Morgan fingerprint density at radius 1 is 0.778 bits per heavy atom. The van der Waals surface area contributed by atoms with Gasteiger partial charge < -0.3 is 9.47 Å². The Bertz CT molecular complexity index is 924. The Balaban J connectivity index is 1.93. The predicted octanol–water partition coefficient (Wildman–Crippen LogP) is 6.40. The van der Waals surface area contributed by atoms with E-state index in [1.165, 1.54) is 0 Å². The maximum atomic E-state index is 6.23. The fraction of sp³-hybridized carbons (Fsp3) is 0.125. The molecule has 0 aliphatic carbocycles. The van der Waals surface area contributed by atoms with Crippen molar-refractivity contribution in [3.63, 3.8) is 0 Å². The van der Waals surface area contributed by atoms with E-state index in [0.717, 1.165) is 33.9 Å². The van der Waals surface area contributed by atoms with Crippen LogP contribution in [0.1, 0.15) is 18.1 Å². The molecule has 3 aromatic carbocycles. The summed E-state index contributed by atoms with van der Waals surface area (Å²) in [5, 5.41) is 0. The van der Waals surface area contributed by atoms with Gasteiger partial charge in [0.25, 0.3) is 0 Å². The van der Waals surface area contributed by atoms with Crippen LogP contribution in [0, 0.1) is 13.8 Å². The third-order valence-electron chi connectivity index (χ3n) is 4.05. The maximum Gasteiger partial charge on any atom is 0.225 e. The molecule has 0 saturated carbocycles. The van der Waals surface area contributed by atoms with Crippen molar-refractivity contribution < 1.29 is 9.47 Å². The van der Waals surface area contributed by atoms with Crippen molar-refractivity contribution in [3.05, 3.63) is 102 Å². The molecule has 3 aromatic rings. The number of rotatable bonds is 5. The Morgan fingerprint density at radius 3 is 2.00 bits per heavy atom. The van der Waals surface area contributed by atoms with Crippen molar-refractivity contribution >= 4 is 11.6 Å². The first-order valence-electron chi connectivity index (χ1n) is 8.90. The van der Waals surface area contributed by atoms with Crippen LogP contribution >= 0.6 is 0 Å². The molecule has 27 heavy (non-hydrogen) atoms. The third kappa shape index (κ3) is 5.08. The van der Waals surface area contributed by atoms with E-state index in [9.17, 15) is 0 Å². The van der Waals surface area contributed by atoms with Crippen molar-refractivity contribution in [3.8, 4) is 11.5 Å². The Hall–Kier alpha value is -3.33. The SMILES string of the molecule is C/C(=C\Oc1ccccc1)C(=Nc1ccccc1)Oc1c(C)cccc1C. The van der Waals surface area contributed by atoms with E-state index >= 15 is 0 Å². The van der Waals surface area contributed by atoms with Gasteiger partial charge in [0.15, 0.2) is 0 Å². The smallest absolute Gasteiger partial charge is 0.225 e. The maximum absolute atomic E-state index is 6.23. The summed E-state index contributed by atoms with van der Waals surface area (Å²) in [6, 6.07) is 25.5. The highest BCUT2D eigenvalue weighted by molar-refractivity contribution is 5.96. The molecule has 0 heterocycles. The van der Waals surface area contributed by atoms with E-state index in [4.69, 9.17) is 14.5 Å². The Labute approximate surface area is 160 Å². The molecule has 0 amide bonds. The van der Waals surface area contributed by atoms with E-state index in [1.54, 1.807) is 6.26 Å². The molecule has 0 aliphatic rings.